The van der Waals surface area contributed by atoms with Crippen LogP contribution in [0.25, 0.3) is 0 Å². The third-order valence-corrected chi connectivity index (χ3v) is 9.32. The van der Waals surface area contributed by atoms with Crippen molar-refractivity contribution in [2.75, 3.05) is 18.5 Å². The molecule has 1 N–H and O–H groups in total. The molecule has 3 fully saturated rings. The van der Waals surface area contributed by atoms with Crippen LogP contribution in [-0.4, -0.2) is 51.4 Å². The summed E-state index contributed by atoms with van der Waals surface area (Å²) >= 11 is 13.0. The highest BCUT2D eigenvalue weighted by Crippen LogP contribution is 2.60. The number of nitrogens with zero attached hydrogens (tertiary/aromatic N) is 1. The number of carbonyl (C=O) groups excluding carboxylic acids is 4. The van der Waals surface area contributed by atoms with Gasteiger partial charge in [-0.15, -0.1) is 0 Å². The fourth-order valence-corrected chi connectivity index (χ4v) is 6.62. The SMILES string of the molecule is O=C(COC(=O)CN1C(=O)[C@@H]2[C@H]3C[C@@H]([C@H](Br)[C@H]3Br)[C@@H]2C1=O)Nc1ccc(Cl)cc1. The fraction of sp³-hybridized carbons (Fsp3) is 0.474. The van der Waals surface area contributed by atoms with E-state index < -0.39 is 25.0 Å². The van der Waals surface area contributed by atoms with Gasteiger partial charge in [0, 0.05) is 20.4 Å². The first-order chi connectivity index (χ1) is 13.8. The molecule has 29 heavy (non-hydrogen) atoms. The van der Waals surface area contributed by atoms with Gasteiger partial charge >= 0.3 is 5.97 Å². The fourth-order valence-electron chi connectivity index (χ4n) is 4.62. The van der Waals surface area contributed by atoms with E-state index in [4.69, 9.17) is 16.3 Å². The van der Waals surface area contributed by atoms with Crippen molar-refractivity contribution in [3.05, 3.63) is 29.3 Å². The molecule has 2 saturated carbocycles. The molecule has 6 atom stereocenters. The molecule has 1 aliphatic heterocycles. The van der Waals surface area contributed by atoms with Crippen molar-refractivity contribution >= 4 is 72.8 Å². The van der Waals surface area contributed by atoms with E-state index >= 15 is 0 Å². The number of amides is 3. The lowest BCUT2D eigenvalue weighted by atomic mass is 9.81. The predicted octanol–water partition coefficient (Wildman–Crippen LogP) is 2.60. The van der Waals surface area contributed by atoms with Crippen molar-refractivity contribution in [2.24, 2.45) is 23.7 Å². The van der Waals surface area contributed by atoms with Crippen LogP contribution in [-0.2, 0) is 23.9 Å². The van der Waals surface area contributed by atoms with Crippen LogP contribution in [0.4, 0.5) is 5.69 Å². The van der Waals surface area contributed by atoms with Crippen molar-refractivity contribution in [3.63, 3.8) is 0 Å². The van der Waals surface area contributed by atoms with E-state index in [1.54, 1.807) is 24.3 Å². The lowest BCUT2D eigenvalue weighted by molar-refractivity contribution is -0.154. The molecule has 1 heterocycles. The molecule has 3 amide bonds. The van der Waals surface area contributed by atoms with Gasteiger partial charge < -0.3 is 10.1 Å². The number of alkyl halides is 2. The van der Waals surface area contributed by atoms with Gasteiger partial charge in [-0.05, 0) is 42.5 Å². The molecule has 1 aromatic carbocycles. The van der Waals surface area contributed by atoms with E-state index in [-0.39, 0.29) is 45.1 Å². The maximum atomic E-state index is 12.8. The van der Waals surface area contributed by atoms with Gasteiger partial charge in [0.15, 0.2) is 6.61 Å². The lowest BCUT2D eigenvalue weighted by Crippen LogP contribution is -2.38. The number of rotatable bonds is 5. The van der Waals surface area contributed by atoms with Gasteiger partial charge in [0.05, 0.1) is 11.8 Å². The summed E-state index contributed by atoms with van der Waals surface area (Å²) in [5.41, 5.74) is 0.511. The zero-order valence-corrected chi connectivity index (χ0v) is 18.9. The highest BCUT2D eigenvalue weighted by atomic mass is 79.9. The lowest BCUT2D eigenvalue weighted by Gasteiger charge is -2.28. The third kappa shape index (κ3) is 3.72. The van der Waals surface area contributed by atoms with E-state index in [0.29, 0.717) is 10.7 Å². The number of halogens is 3. The molecule has 2 aliphatic carbocycles. The van der Waals surface area contributed by atoms with Crippen LogP contribution in [0.1, 0.15) is 6.42 Å². The maximum Gasteiger partial charge on any atom is 0.326 e. The van der Waals surface area contributed by atoms with E-state index in [0.717, 1.165) is 11.3 Å². The van der Waals surface area contributed by atoms with Crippen LogP contribution >= 0.6 is 43.5 Å². The molecule has 0 radical (unpaired) electrons. The second-order valence-electron chi connectivity index (χ2n) is 7.48. The summed E-state index contributed by atoms with van der Waals surface area (Å²) in [5, 5.41) is 3.10. The van der Waals surface area contributed by atoms with E-state index in [2.05, 4.69) is 37.2 Å². The molecular weight excluding hydrogens is 531 g/mol. The van der Waals surface area contributed by atoms with Crippen LogP contribution in [0.5, 0.6) is 0 Å². The zero-order chi connectivity index (χ0) is 20.9. The summed E-state index contributed by atoms with van der Waals surface area (Å²) < 4.78 is 4.95. The Hall–Kier alpha value is -1.45. The Morgan fingerprint density at radius 3 is 2.17 bits per heavy atom. The van der Waals surface area contributed by atoms with Gasteiger partial charge in [-0.2, -0.15) is 0 Å². The second-order valence-corrected chi connectivity index (χ2v) is 10.0. The molecule has 4 rings (SSSR count). The molecule has 7 nitrogen and oxygen atoms in total. The summed E-state index contributed by atoms with van der Waals surface area (Å²) in [7, 11) is 0. The standard InChI is InChI=1S/C19H17Br2ClN2O5/c20-16-10-5-11(17(16)21)15-14(10)18(27)24(19(15)28)6-13(26)29-7-12(25)23-9-3-1-8(22)2-4-9/h1-4,10-11,14-17H,5-7H2,(H,23,25)/t10-,11-,14-,15+,16+,17+/m1/s1. The number of fused-ring (bicyclic) bond motifs is 5. The Morgan fingerprint density at radius 2 is 1.62 bits per heavy atom. The molecule has 1 saturated heterocycles. The Labute approximate surface area is 188 Å². The van der Waals surface area contributed by atoms with Crippen molar-refractivity contribution in [1.82, 2.24) is 4.90 Å². The number of benzene rings is 1. The van der Waals surface area contributed by atoms with Gasteiger partial charge in [0.25, 0.3) is 5.91 Å². The molecule has 1 aromatic rings. The quantitative estimate of drug-likeness (QED) is 0.347. The van der Waals surface area contributed by atoms with Crippen molar-refractivity contribution in [3.8, 4) is 0 Å². The summed E-state index contributed by atoms with van der Waals surface area (Å²) in [6.45, 7) is -0.985. The van der Waals surface area contributed by atoms with Gasteiger partial charge in [-0.1, -0.05) is 43.5 Å². The summed E-state index contributed by atoms with van der Waals surface area (Å²) in [4.78, 5) is 50.8. The van der Waals surface area contributed by atoms with Gasteiger partial charge in [0.1, 0.15) is 6.54 Å². The average molecular weight is 549 g/mol. The van der Waals surface area contributed by atoms with Crippen molar-refractivity contribution in [1.29, 1.82) is 0 Å². The Kier molecular flexibility index (Phi) is 5.74. The molecule has 3 aliphatic rings. The number of ether oxygens (including phenoxy) is 1. The molecule has 2 bridgehead atoms. The third-order valence-electron chi connectivity index (χ3n) is 5.86. The number of carbonyl (C=O) groups is 4. The van der Waals surface area contributed by atoms with E-state index in [9.17, 15) is 19.2 Å². The number of hydrogen-bond acceptors (Lipinski definition) is 5. The average Bonchev–Trinajstić information content (AvgIpc) is 3.29. The minimum Gasteiger partial charge on any atom is -0.454 e. The Balaban J connectivity index is 1.31. The zero-order valence-electron chi connectivity index (χ0n) is 15.0. The maximum absolute atomic E-state index is 12.8. The number of imide groups is 1. The highest BCUT2D eigenvalue weighted by Gasteiger charge is 2.66. The molecule has 10 heteroatoms. The number of likely N-dealkylation sites (tertiary alicyclic amines) is 1. The number of esters is 1. The molecule has 0 unspecified atom stereocenters. The van der Waals surface area contributed by atoms with Crippen molar-refractivity contribution < 1.29 is 23.9 Å². The van der Waals surface area contributed by atoms with Gasteiger partial charge in [-0.3, -0.25) is 24.1 Å². The number of hydrogen-bond donors (Lipinski definition) is 1. The molecule has 0 spiro atoms. The largest absolute Gasteiger partial charge is 0.454 e. The first-order valence-corrected chi connectivity index (χ1v) is 11.3. The first kappa shape index (κ1) is 20.8. The second kappa shape index (κ2) is 8.00. The van der Waals surface area contributed by atoms with Crippen LogP contribution in [0, 0.1) is 23.7 Å². The minimum absolute atomic E-state index is 0.0806. The van der Waals surface area contributed by atoms with Crippen LogP contribution in [0.2, 0.25) is 5.02 Å². The van der Waals surface area contributed by atoms with E-state index in [1.165, 1.54) is 0 Å². The summed E-state index contributed by atoms with van der Waals surface area (Å²) in [6.07, 6.45) is 0.821. The van der Waals surface area contributed by atoms with Gasteiger partial charge in [0.2, 0.25) is 11.8 Å². The highest BCUT2D eigenvalue weighted by molar-refractivity contribution is 9.12. The monoisotopic (exact) mass is 546 g/mol. The van der Waals surface area contributed by atoms with Crippen LogP contribution < -0.4 is 5.32 Å². The topological polar surface area (TPSA) is 92.8 Å². The Bertz CT molecular complexity index is 848. The minimum atomic E-state index is -0.795. The number of nitrogens with one attached hydrogen (secondary N) is 1. The first-order valence-electron chi connectivity index (χ1n) is 9.12. The van der Waals surface area contributed by atoms with E-state index in [1.807, 2.05) is 0 Å². The molecule has 0 aromatic heterocycles. The smallest absolute Gasteiger partial charge is 0.326 e. The predicted molar refractivity (Wildman–Crippen MR) is 112 cm³/mol. The molecular formula is C19H17Br2ClN2O5. The van der Waals surface area contributed by atoms with Crippen LogP contribution in [0.3, 0.4) is 0 Å². The van der Waals surface area contributed by atoms with Crippen molar-refractivity contribution in [2.45, 2.75) is 16.1 Å². The molecule has 154 valence electrons. The Morgan fingerprint density at radius 1 is 1.07 bits per heavy atom. The summed E-state index contributed by atoms with van der Waals surface area (Å²) in [5.74, 6) is -2.57. The normalized spacial score (nSPS) is 32.4. The number of anilines is 1. The summed E-state index contributed by atoms with van der Waals surface area (Å²) in [6, 6.07) is 6.47. The van der Waals surface area contributed by atoms with Gasteiger partial charge in [-0.25, -0.2) is 0 Å². The van der Waals surface area contributed by atoms with Crippen LogP contribution in [0.15, 0.2) is 24.3 Å².